The molecular formula is C3H5NO. The van der Waals surface area contributed by atoms with Crippen LogP contribution < -0.4 is 5.73 Å². The maximum atomic E-state index is 9.88. The van der Waals surface area contributed by atoms with Crippen LogP contribution in [0.4, 0.5) is 0 Å². The first-order valence-electron chi connectivity index (χ1n) is 2.49. The minimum absolute atomic E-state index is 0.759. The monoisotopic (exact) mass is 77.1 g/mol. The Morgan fingerprint density at radius 1 is 2.60 bits per heavy atom. The van der Waals surface area contributed by atoms with E-state index < -0.39 is 18.5 Å². The number of hydrogen-bond donors (Lipinski definition) is 1. The van der Waals surface area contributed by atoms with E-state index in [9.17, 15) is 4.79 Å². The number of carbonyl (C=O) groups excluding carboxylic acids is 1. The van der Waals surface area contributed by atoms with Gasteiger partial charge in [0, 0.05) is 0 Å². The molecule has 0 aromatic rings. The summed E-state index contributed by atoms with van der Waals surface area (Å²) < 4.78 is 19.3. The van der Waals surface area contributed by atoms with Crippen LogP contribution in [0.1, 0.15) is 4.11 Å². The van der Waals surface area contributed by atoms with Gasteiger partial charge < -0.3 is 5.73 Å². The van der Waals surface area contributed by atoms with E-state index in [2.05, 4.69) is 5.73 Å². The Bertz CT molecular complexity index is 137. The average Bonchev–Trinajstić information content (AvgIpc) is 1.64. The number of carbonyl (C=O) groups is 1. The lowest BCUT2D eigenvalue weighted by Crippen LogP contribution is -2.04. The van der Waals surface area contributed by atoms with Crippen molar-refractivity contribution in [3.63, 3.8) is 0 Å². The first kappa shape index (κ1) is 1.12. The van der Waals surface area contributed by atoms with Crippen molar-refractivity contribution in [1.82, 2.24) is 0 Å². The van der Waals surface area contributed by atoms with Gasteiger partial charge >= 0.3 is 0 Å². The molecule has 0 aromatic heterocycles. The highest BCUT2D eigenvalue weighted by Crippen LogP contribution is 1.48. The van der Waals surface area contributed by atoms with Gasteiger partial charge in [0.15, 0.2) is 0 Å². The van der Waals surface area contributed by atoms with Gasteiger partial charge in [-0.15, -0.1) is 0 Å². The van der Waals surface area contributed by atoms with Crippen LogP contribution in [0.25, 0.3) is 0 Å². The summed E-state index contributed by atoms with van der Waals surface area (Å²) in [6.45, 7) is -0.850. The summed E-state index contributed by atoms with van der Waals surface area (Å²) in [6.07, 6.45) is 0. The zero-order valence-electron chi connectivity index (χ0n) is 5.49. The summed E-state index contributed by atoms with van der Waals surface area (Å²) >= 11 is 0. The second kappa shape index (κ2) is 1.52. The second-order valence-corrected chi connectivity index (χ2v) is 0.489. The molecule has 0 aliphatic rings. The molecule has 0 heterocycles. The third-order valence-electron chi connectivity index (χ3n) is 0.123. The molecule has 1 amide bonds. The van der Waals surface area contributed by atoms with Crippen LogP contribution in [0, 0.1) is 0 Å². The van der Waals surface area contributed by atoms with Gasteiger partial charge in [-0.3, -0.25) is 4.79 Å². The average molecular weight is 77.1 g/mol. The van der Waals surface area contributed by atoms with Crippen LogP contribution in [0.15, 0.2) is 12.6 Å². The number of rotatable bonds is 1. The van der Waals surface area contributed by atoms with Gasteiger partial charge in [0.2, 0.25) is 5.91 Å². The lowest BCUT2D eigenvalue weighted by Gasteiger charge is -1.65. The lowest BCUT2D eigenvalue weighted by molar-refractivity contribution is -0.113. The predicted octanol–water partition coefficient (Wildman–Crippen LogP) is -0.342. The molecule has 0 aliphatic heterocycles. The Balaban J connectivity index is 4.23. The van der Waals surface area contributed by atoms with E-state index in [1.165, 1.54) is 0 Å². The van der Waals surface area contributed by atoms with Gasteiger partial charge in [0.25, 0.3) is 0 Å². The third-order valence-corrected chi connectivity index (χ3v) is 0.123. The Labute approximate surface area is 34.5 Å². The van der Waals surface area contributed by atoms with Crippen molar-refractivity contribution in [3.8, 4) is 0 Å². The zero-order valence-corrected chi connectivity index (χ0v) is 2.49. The van der Waals surface area contributed by atoms with E-state index in [0.29, 0.717) is 0 Å². The SMILES string of the molecule is [2H][13C]([2H])=[13C]([2H])[13C](N)=O. The largest absolute Gasteiger partial charge is 0.366 e. The third kappa shape index (κ3) is 3.21. The van der Waals surface area contributed by atoms with Gasteiger partial charge in [-0.25, -0.2) is 0 Å². The van der Waals surface area contributed by atoms with Crippen molar-refractivity contribution >= 4 is 5.91 Å². The Kier molecular flexibility index (Phi) is 0.342. The number of hydrogen-bond acceptors (Lipinski definition) is 1. The fourth-order valence-corrected chi connectivity index (χ4v) is 0. The van der Waals surface area contributed by atoms with Gasteiger partial charge in [0.05, 0.1) is 4.11 Å². The highest BCUT2D eigenvalue weighted by Gasteiger charge is 1.69. The maximum absolute atomic E-state index is 9.88. The van der Waals surface area contributed by atoms with Gasteiger partial charge in [0.1, 0.15) is 0 Å². The molecule has 0 radical (unpaired) electrons. The van der Waals surface area contributed by atoms with Crippen LogP contribution in [-0.4, -0.2) is 5.91 Å². The predicted molar refractivity (Wildman–Crippen MR) is 19.4 cm³/mol. The van der Waals surface area contributed by atoms with Crippen LogP contribution in [0.2, 0.25) is 0 Å². The van der Waals surface area contributed by atoms with Crippen molar-refractivity contribution in [1.29, 1.82) is 0 Å². The minimum atomic E-state index is -1.04. The normalized spacial score (nSPS) is 14.0. The number of primary amides is 1. The molecule has 2 nitrogen and oxygen atoms in total. The maximum Gasteiger partial charge on any atom is 0.240 e. The first-order chi connectivity index (χ1) is 3.55. The standard InChI is InChI=1S/C3H5NO/c1-2-3(4)5/h2H,1H2,(H2,4,5)/i1+1D2,2+1D,3+1. The molecule has 5 heavy (non-hydrogen) atoms. The summed E-state index contributed by atoms with van der Waals surface area (Å²) in [5, 5.41) is 0. The molecule has 0 fully saturated rings. The van der Waals surface area contributed by atoms with Crippen LogP contribution in [0.5, 0.6) is 0 Å². The molecule has 0 spiro atoms. The van der Waals surface area contributed by atoms with Gasteiger partial charge in [-0.1, -0.05) is 6.53 Å². The van der Waals surface area contributed by atoms with Crippen molar-refractivity contribution in [2.24, 2.45) is 5.73 Å². The second-order valence-electron chi connectivity index (χ2n) is 0.489. The smallest absolute Gasteiger partial charge is 0.240 e. The van der Waals surface area contributed by atoms with Gasteiger partial charge in [-0.05, 0) is 6.05 Å². The van der Waals surface area contributed by atoms with E-state index in [0.717, 1.165) is 0 Å². The molecule has 2 N–H and O–H groups in total. The van der Waals surface area contributed by atoms with Crippen molar-refractivity contribution in [2.45, 2.75) is 0 Å². The van der Waals surface area contributed by atoms with E-state index >= 15 is 0 Å². The van der Waals surface area contributed by atoms with Crippen molar-refractivity contribution < 1.29 is 8.91 Å². The fraction of sp³-hybridized carbons (Fsp3) is 0. The molecule has 0 atom stereocenters. The summed E-state index contributed by atoms with van der Waals surface area (Å²) in [6, 6.07) is -0.759. The molecule has 28 valence electrons. The van der Waals surface area contributed by atoms with Gasteiger partial charge in [-0.2, -0.15) is 0 Å². The minimum Gasteiger partial charge on any atom is -0.366 e. The number of nitrogens with two attached hydrogens (primary N) is 1. The first-order valence-corrected chi connectivity index (χ1v) is 0.993. The van der Waals surface area contributed by atoms with Crippen molar-refractivity contribution in [2.75, 3.05) is 0 Å². The topological polar surface area (TPSA) is 43.1 Å². The molecule has 0 saturated heterocycles. The number of amides is 1. The molecule has 0 rings (SSSR count). The highest BCUT2D eigenvalue weighted by molar-refractivity contribution is 5.84. The highest BCUT2D eigenvalue weighted by atomic mass is 16.2. The fourth-order valence-electron chi connectivity index (χ4n) is 0. The van der Waals surface area contributed by atoms with E-state index in [1.54, 1.807) is 0 Å². The van der Waals surface area contributed by atoms with Crippen molar-refractivity contribution in [3.05, 3.63) is 12.6 Å². The summed E-state index contributed by atoms with van der Waals surface area (Å²) in [7, 11) is 0. The zero-order chi connectivity index (χ0) is 6.73. The molecule has 0 aromatic carbocycles. The van der Waals surface area contributed by atoms with E-state index in [4.69, 9.17) is 4.11 Å². The Hall–Kier alpha value is -0.790. The van der Waals surface area contributed by atoms with Crippen LogP contribution >= 0.6 is 0 Å². The molecule has 0 aliphatic carbocycles. The lowest BCUT2D eigenvalue weighted by atomic mass is 11.6. The summed E-state index contributed by atoms with van der Waals surface area (Å²) in [5.41, 5.74) is 4.51. The van der Waals surface area contributed by atoms with E-state index in [1.807, 2.05) is 0 Å². The molecular weight excluding hydrogens is 69.0 g/mol. The van der Waals surface area contributed by atoms with Crippen LogP contribution in [-0.2, 0) is 4.79 Å². The molecule has 0 unspecified atom stereocenters. The van der Waals surface area contributed by atoms with E-state index in [-0.39, 0.29) is 0 Å². The van der Waals surface area contributed by atoms with Crippen LogP contribution in [0.3, 0.4) is 0 Å². The Morgan fingerprint density at radius 2 is 3.20 bits per heavy atom. The molecule has 0 saturated carbocycles. The Morgan fingerprint density at radius 3 is 3.20 bits per heavy atom. The molecule has 2 heteroatoms. The molecule has 0 bridgehead atoms. The quantitative estimate of drug-likeness (QED) is 0.337. The summed E-state index contributed by atoms with van der Waals surface area (Å²) in [4.78, 5) is 9.88. The summed E-state index contributed by atoms with van der Waals surface area (Å²) in [5.74, 6) is -1.04.